The van der Waals surface area contributed by atoms with E-state index in [4.69, 9.17) is 9.84 Å². The van der Waals surface area contributed by atoms with E-state index in [-0.39, 0.29) is 6.61 Å². The van der Waals surface area contributed by atoms with Gasteiger partial charge in [-0.15, -0.1) is 0 Å². The summed E-state index contributed by atoms with van der Waals surface area (Å²) >= 11 is 0. The summed E-state index contributed by atoms with van der Waals surface area (Å²) in [6.07, 6.45) is 4.88. The molecule has 1 aromatic heterocycles. The Bertz CT molecular complexity index is 331. The summed E-state index contributed by atoms with van der Waals surface area (Å²) in [5.74, 6) is 0.496. The van der Waals surface area contributed by atoms with E-state index in [9.17, 15) is 0 Å². The molecule has 94 valence electrons. The molecule has 4 heteroatoms. The molecular weight excluding hydrogens is 216 g/mol. The van der Waals surface area contributed by atoms with Crippen LogP contribution in [0.1, 0.15) is 18.0 Å². The minimum atomic E-state index is 0.0973. The van der Waals surface area contributed by atoms with Gasteiger partial charge in [0.05, 0.1) is 19.8 Å². The van der Waals surface area contributed by atoms with Crippen LogP contribution in [0.3, 0.4) is 0 Å². The van der Waals surface area contributed by atoms with Gasteiger partial charge in [-0.1, -0.05) is 6.07 Å². The molecule has 1 aliphatic rings. The Morgan fingerprint density at radius 3 is 3.18 bits per heavy atom. The van der Waals surface area contributed by atoms with Crippen LogP contribution in [0, 0.1) is 5.92 Å². The highest BCUT2D eigenvalue weighted by Crippen LogP contribution is 2.35. The Balaban J connectivity index is 2.01. The van der Waals surface area contributed by atoms with Gasteiger partial charge in [0.1, 0.15) is 0 Å². The third kappa shape index (κ3) is 3.03. The van der Waals surface area contributed by atoms with Crippen molar-refractivity contribution < 1.29 is 9.84 Å². The second-order valence-electron chi connectivity index (χ2n) is 4.56. The Kier molecular flexibility index (Phi) is 4.48. The molecule has 0 spiro atoms. The maximum atomic E-state index is 8.73. The van der Waals surface area contributed by atoms with Crippen LogP contribution in [0.2, 0.25) is 0 Å². The zero-order valence-corrected chi connectivity index (χ0v) is 10.2. The molecule has 2 heterocycles. The third-order valence-corrected chi connectivity index (χ3v) is 3.37. The van der Waals surface area contributed by atoms with Crippen molar-refractivity contribution in [3.8, 4) is 0 Å². The van der Waals surface area contributed by atoms with E-state index in [1.165, 1.54) is 5.56 Å². The minimum absolute atomic E-state index is 0.0973. The lowest BCUT2D eigenvalue weighted by molar-refractivity contribution is 0.0584. The Hall–Kier alpha value is -0.970. The molecule has 0 aliphatic carbocycles. The quantitative estimate of drug-likeness (QED) is 0.777. The number of pyridine rings is 1. The van der Waals surface area contributed by atoms with Gasteiger partial charge >= 0.3 is 0 Å². The first-order valence-electron chi connectivity index (χ1n) is 6.11. The van der Waals surface area contributed by atoms with Gasteiger partial charge in [-0.2, -0.15) is 0 Å². The number of hydrogen-bond donors (Lipinski definition) is 1. The molecule has 0 amide bonds. The fourth-order valence-electron chi connectivity index (χ4n) is 2.58. The Morgan fingerprint density at radius 1 is 1.59 bits per heavy atom. The van der Waals surface area contributed by atoms with E-state index < -0.39 is 0 Å². The van der Waals surface area contributed by atoms with Crippen LogP contribution in [-0.2, 0) is 4.74 Å². The molecule has 0 saturated carbocycles. The lowest BCUT2D eigenvalue weighted by Gasteiger charge is -2.25. The van der Waals surface area contributed by atoms with Crippen molar-refractivity contribution in [1.82, 2.24) is 9.88 Å². The van der Waals surface area contributed by atoms with E-state index in [1.54, 1.807) is 6.20 Å². The molecule has 2 rings (SSSR count). The largest absolute Gasteiger partial charge is 0.394 e. The maximum Gasteiger partial charge on any atom is 0.0697 e. The molecule has 1 aliphatic heterocycles. The van der Waals surface area contributed by atoms with Crippen molar-refractivity contribution in [3.63, 3.8) is 0 Å². The molecule has 0 radical (unpaired) electrons. The second-order valence-corrected chi connectivity index (χ2v) is 4.56. The molecule has 1 aromatic rings. The first-order valence-corrected chi connectivity index (χ1v) is 6.11. The molecule has 1 saturated heterocycles. The summed E-state index contributed by atoms with van der Waals surface area (Å²) in [6, 6.07) is 4.49. The number of hydrogen-bond acceptors (Lipinski definition) is 4. The van der Waals surface area contributed by atoms with Crippen LogP contribution in [0.15, 0.2) is 24.5 Å². The van der Waals surface area contributed by atoms with Crippen LogP contribution in [-0.4, -0.2) is 48.4 Å². The predicted octanol–water partition coefficient (Wildman–Crippen LogP) is 1.08. The predicted molar refractivity (Wildman–Crippen MR) is 65.6 cm³/mol. The zero-order chi connectivity index (χ0) is 12.1. The summed E-state index contributed by atoms with van der Waals surface area (Å²) in [5, 5.41) is 8.73. The van der Waals surface area contributed by atoms with E-state index in [0.717, 1.165) is 13.0 Å². The van der Waals surface area contributed by atoms with E-state index in [1.807, 2.05) is 12.3 Å². The minimum Gasteiger partial charge on any atom is -0.394 e. The first kappa shape index (κ1) is 12.5. The van der Waals surface area contributed by atoms with Crippen molar-refractivity contribution in [2.24, 2.45) is 5.92 Å². The van der Waals surface area contributed by atoms with Crippen molar-refractivity contribution in [2.45, 2.75) is 12.5 Å². The number of likely N-dealkylation sites (tertiary alicyclic amines) is 1. The molecule has 1 N–H and O–H groups in total. The highest BCUT2D eigenvalue weighted by atomic mass is 16.5. The zero-order valence-electron chi connectivity index (χ0n) is 10.2. The molecular formula is C13H20N2O2. The molecule has 1 unspecified atom stereocenters. The highest BCUT2D eigenvalue weighted by Gasteiger charge is 2.32. The number of ether oxygens (including phenoxy) is 1. The van der Waals surface area contributed by atoms with Crippen LogP contribution < -0.4 is 0 Å². The number of nitrogens with zero attached hydrogens (tertiary/aromatic N) is 2. The fourth-order valence-corrected chi connectivity index (χ4v) is 2.58. The summed E-state index contributed by atoms with van der Waals surface area (Å²) in [5.41, 5.74) is 1.25. The van der Waals surface area contributed by atoms with Gasteiger partial charge in [0.2, 0.25) is 0 Å². The van der Waals surface area contributed by atoms with Crippen molar-refractivity contribution in [1.29, 1.82) is 0 Å². The standard InChI is InChI=1S/C13H20N2O2/c1-15-6-4-12(10-17-8-7-16)13(15)11-3-2-5-14-9-11/h2-3,5,9,12-13,16H,4,6-8,10H2,1H3/t12-,13?/m0/s1. The smallest absolute Gasteiger partial charge is 0.0697 e. The van der Waals surface area contributed by atoms with Gasteiger partial charge in [0.15, 0.2) is 0 Å². The lowest BCUT2D eigenvalue weighted by atomic mass is 9.96. The van der Waals surface area contributed by atoms with Gasteiger partial charge in [-0.3, -0.25) is 9.88 Å². The third-order valence-electron chi connectivity index (χ3n) is 3.37. The maximum absolute atomic E-state index is 8.73. The van der Waals surface area contributed by atoms with Crippen molar-refractivity contribution in [3.05, 3.63) is 30.1 Å². The summed E-state index contributed by atoms with van der Waals surface area (Å²) in [6.45, 7) is 2.33. The monoisotopic (exact) mass is 236 g/mol. The summed E-state index contributed by atoms with van der Waals surface area (Å²) in [7, 11) is 2.14. The SMILES string of the molecule is CN1CC[C@@H](COCCO)C1c1cccnc1. The van der Waals surface area contributed by atoms with Crippen molar-refractivity contribution in [2.75, 3.05) is 33.4 Å². The molecule has 0 bridgehead atoms. The summed E-state index contributed by atoms with van der Waals surface area (Å²) < 4.78 is 5.47. The number of aliphatic hydroxyl groups is 1. The van der Waals surface area contributed by atoms with Gasteiger partial charge < -0.3 is 9.84 Å². The van der Waals surface area contributed by atoms with Gasteiger partial charge in [-0.25, -0.2) is 0 Å². The number of aromatic nitrogens is 1. The Morgan fingerprint density at radius 2 is 2.47 bits per heavy atom. The molecule has 2 atom stereocenters. The van der Waals surface area contributed by atoms with Crippen LogP contribution in [0.4, 0.5) is 0 Å². The Labute approximate surface area is 102 Å². The van der Waals surface area contributed by atoms with E-state index >= 15 is 0 Å². The first-order chi connectivity index (χ1) is 8.33. The van der Waals surface area contributed by atoms with E-state index in [2.05, 4.69) is 23.0 Å². The molecule has 4 nitrogen and oxygen atoms in total. The molecule has 0 aromatic carbocycles. The van der Waals surface area contributed by atoms with Gasteiger partial charge in [-0.05, 0) is 31.6 Å². The second kappa shape index (κ2) is 6.10. The average molecular weight is 236 g/mol. The molecule has 17 heavy (non-hydrogen) atoms. The highest BCUT2D eigenvalue weighted by molar-refractivity contribution is 5.16. The van der Waals surface area contributed by atoms with Gasteiger partial charge in [0.25, 0.3) is 0 Å². The molecule has 1 fully saturated rings. The van der Waals surface area contributed by atoms with Crippen LogP contribution in [0.5, 0.6) is 0 Å². The topological polar surface area (TPSA) is 45.6 Å². The lowest BCUT2D eigenvalue weighted by Crippen LogP contribution is -2.23. The van der Waals surface area contributed by atoms with E-state index in [0.29, 0.717) is 25.2 Å². The number of rotatable bonds is 5. The fraction of sp³-hybridized carbons (Fsp3) is 0.615. The van der Waals surface area contributed by atoms with Crippen LogP contribution >= 0.6 is 0 Å². The van der Waals surface area contributed by atoms with Gasteiger partial charge in [0, 0.05) is 24.4 Å². The average Bonchev–Trinajstić information content (AvgIpc) is 2.72. The normalized spacial score (nSPS) is 25.3. The van der Waals surface area contributed by atoms with Crippen molar-refractivity contribution >= 4 is 0 Å². The summed E-state index contributed by atoms with van der Waals surface area (Å²) in [4.78, 5) is 6.54. The number of aliphatic hydroxyl groups excluding tert-OH is 1. The van der Waals surface area contributed by atoms with Crippen LogP contribution in [0.25, 0.3) is 0 Å².